The molecule has 6 nitrogen and oxygen atoms in total. The van der Waals surface area contributed by atoms with Crippen molar-refractivity contribution >= 4 is 22.7 Å². The van der Waals surface area contributed by atoms with Gasteiger partial charge in [-0.3, -0.25) is 9.59 Å². The third-order valence-corrected chi connectivity index (χ3v) is 5.69. The van der Waals surface area contributed by atoms with E-state index in [1.165, 1.54) is 0 Å². The lowest BCUT2D eigenvalue weighted by Crippen LogP contribution is -2.33. The summed E-state index contributed by atoms with van der Waals surface area (Å²) in [5.74, 6) is 0.463. The van der Waals surface area contributed by atoms with Crippen LogP contribution < -0.4 is 15.4 Å². The summed E-state index contributed by atoms with van der Waals surface area (Å²) >= 11 is 0. The van der Waals surface area contributed by atoms with Gasteiger partial charge in [0.25, 0.3) is 5.91 Å². The van der Waals surface area contributed by atoms with Crippen molar-refractivity contribution in [2.45, 2.75) is 12.3 Å². The van der Waals surface area contributed by atoms with E-state index < -0.39 is 0 Å². The van der Waals surface area contributed by atoms with Crippen LogP contribution in [0.5, 0.6) is 5.75 Å². The second kappa shape index (κ2) is 10.5. The van der Waals surface area contributed by atoms with Crippen LogP contribution in [0.3, 0.4) is 0 Å². The molecule has 0 spiro atoms. The number of nitrogens with one attached hydrogen (secondary N) is 3. The minimum Gasteiger partial charge on any atom is -0.497 e. The average Bonchev–Trinajstić information content (AvgIpc) is 3.29. The van der Waals surface area contributed by atoms with E-state index in [0.717, 1.165) is 27.8 Å². The van der Waals surface area contributed by atoms with Gasteiger partial charge in [0.1, 0.15) is 5.75 Å². The summed E-state index contributed by atoms with van der Waals surface area (Å²) in [5, 5.41) is 6.96. The Bertz CT molecular complexity index is 1220. The minimum absolute atomic E-state index is 0.0325. The monoisotopic (exact) mass is 441 g/mol. The molecule has 1 heterocycles. The number of aromatic nitrogens is 1. The Kier molecular flexibility index (Phi) is 7.05. The molecule has 0 aliphatic heterocycles. The number of rotatable bonds is 9. The quantitative estimate of drug-likeness (QED) is 0.363. The van der Waals surface area contributed by atoms with Crippen molar-refractivity contribution in [1.82, 2.24) is 15.6 Å². The molecule has 0 radical (unpaired) electrons. The molecule has 3 aromatic carbocycles. The molecule has 168 valence electrons. The van der Waals surface area contributed by atoms with Gasteiger partial charge in [0.15, 0.2) is 0 Å². The summed E-state index contributed by atoms with van der Waals surface area (Å²) in [5.41, 5.74) is 3.84. The molecule has 0 saturated heterocycles. The fourth-order valence-corrected chi connectivity index (χ4v) is 3.91. The SMILES string of the molecule is COc1ccc([C@@H](CNC(=O)CCNC(=O)c2ccccc2)c2c[nH]c3ccccc23)cc1. The van der Waals surface area contributed by atoms with Gasteiger partial charge in [-0.15, -0.1) is 0 Å². The van der Waals surface area contributed by atoms with Crippen molar-refractivity contribution < 1.29 is 14.3 Å². The van der Waals surface area contributed by atoms with Gasteiger partial charge >= 0.3 is 0 Å². The van der Waals surface area contributed by atoms with Crippen LogP contribution >= 0.6 is 0 Å². The molecule has 0 fully saturated rings. The predicted octanol–water partition coefficient (Wildman–Crippen LogP) is 4.24. The highest BCUT2D eigenvalue weighted by molar-refractivity contribution is 5.94. The van der Waals surface area contributed by atoms with Crippen LogP contribution in [0.2, 0.25) is 0 Å². The van der Waals surface area contributed by atoms with Crippen LogP contribution in [-0.4, -0.2) is 37.0 Å². The maximum Gasteiger partial charge on any atom is 0.251 e. The lowest BCUT2D eigenvalue weighted by Gasteiger charge is -2.19. The van der Waals surface area contributed by atoms with Crippen LogP contribution in [0.4, 0.5) is 0 Å². The molecule has 0 unspecified atom stereocenters. The lowest BCUT2D eigenvalue weighted by molar-refractivity contribution is -0.120. The van der Waals surface area contributed by atoms with Crippen LogP contribution in [0.25, 0.3) is 10.9 Å². The number of aromatic amines is 1. The largest absolute Gasteiger partial charge is 0.497 e. The summed E-state index contributed by atoms with van der Waals surface area (Å²) in [7, 11) is 1.64. The predicted molar refractivity (Wildman–Crippen MR) is 130 cm³/mol. The van der Waals surface area contributed by atoms with Crippen LogP contribution in [-0.2, 0) is 4.79 Å². The van der Waals surface area contributed by atoms with E-state index in [1.807, 2.05) is 66.9 Å². The molecule has 2 amide bonds. The zero-order chi connectivity index (χ0) is 23.0. The molecule has 4 aromatic rings. The molecular formula is C27H27N3O3. The molecule has 0 bridgehead atoms. The molecule has 3 N–H and O–H groups in total. The molecule has 1 aromatic heterocycles. The van der Waals surface area contributed by atoms with Gasteiger partial charge in [0.2, 0.25) is 5.91 Å². The first-order valence-corrected chi connectivity index (χ1v) is 11.0. The van der Waals surface area contributed by atoms with Gasteiger partial charge in [-0.2, -0.15) is 0 Å². The van der Waals surface area contributed by atoms with Crippen molar-refractivity contribution in [3.8, 4) is 5.75 Å². The third kappa shape index (κ3) is 5.41. The fraction of sp³-hybridized carbons (Fsp3) is 0.185. The summed E-state index contributed by atoms with van der Waals surface area (Å²) in [4.78, 5) is 28.0. The first-order valence-electron chi connectivity index (χ1n) is 11.0. The highest BCUT2D eigenvalue weighted by Gasteiger charge is 2.19. The number of amides is 2. The molecule has 4 rings (SSSR count). The number of hydrogen-bond donors (Lipinski definition) is 3. The molecule has 1 atom stereocenters. The zero-order valence-corrected chi connectivity index (χ0v) is 18.5. The van der Waals surface area contributed by atoms with Crippen LogP contribution in [0, 0.1) is 0 Å². The van der Waals surface area contributed by atoms with E-state index in [2.05, 4.69) is 21.7 Å². The molecule has 0 aliphatic carbocycles. The Labute approximate surface area is 193 Å². The van der Waals surface area contributed by atoms with Gasteiger partial charge in [-0.1, -0.05) is 48.5 Å². The van der Waals surface area contributed by atoms with Crippen molar-refractivity contribution in [1.29, 1.82) is 0 Å². The van der Waals surface area contributed by atoms with E-state index in [-0.39, 0.29) is 30.7 Å². The average molecular weight is 442 g/mol. The molecule has 0 aliphatic rings. The Morgan fingerprint density at radius 1 is 0.909 bits per heavy atom. The maximum absolute atomic E-state index is 12.5. The van der Waals surface area contributed by atoms with Crippen molar-refractivity contribution in [2.75, 3.05) is 20.2 Å². The van der Waals surface area contributed by atoms with Crippen molar-refractivity contribution in [3.05, 3.63) is 102 Å². The van der Waals surface area contributed by atoms with Gasteiger partial charge in [-0.25, -0.2) is 0 Å². The Morgan fingerprint density at radius 3 is 2.39 bits per heavy atom. The summed E-state index contributed by atoms with van der Waals surface area (Å²) < 4.78 is 5.29. The molecular weight excluding hydrogens is 414 g/mol. The van der Waals surface area contributed by atoms with Crippen LogP contribution in [0.1, 0.15) is 33.8 Å². The highest BCUT2D eigenvalue weighted by atomic mass is 16.5. The number of methoxy groups -OCH3 is 1. The van der Waals surface area contributed by atoms with E-state index in [1.54, 1.807) is 19.2 Å². The first-order chi connectivity index (χ1) is 16.2. The van der Waals surface area contributed by atoms with Gasteiger partial charge in [0, 0.05) is 48.1 Å². The van der Waals surface area contributed by atoms with Gasteiger partial charge in [0.05, 0.1) is 7.11 Å². The van der Waals surface area contributed by atoms with Gasteiger partial charge in [-0.05, 0) is 41.5 Å². The van der Waals surface area contributed by atoms with E-state index in [9.17, 15) is 9.59 Å². The van der Waals surface area contributed by atoms with E-state index >= 15 is 0 Å². The van der Waals surface area contributed by atoms with Crippen LogP contribution in [0.15, 0.2) is 85.1 Å². The normalized spacial score (nSPS) is 11.7. The first kappa shape index (κ1) is 22.1. The lowest BCUT2D eigenvalue weighted by atomic mass is 9.90. The van der Waals surface area contributed by atoms with Crippen molar-refractivity contribution in [2.24, 2.45) is 0 Å². The second-order valence-electron chi connectivity index (χ2n) is 7.79. The number of ether oxygens (including phenoxy) is 1. The maximum atomic E-state index is 12.5. The number of benzene rings is 3. The Morgan fingerprint density at radius 2 is 1.64 bits per heavy atom. The summed E-state index contributed by atoms with van der Waals surface area (Å²) in [6.07, 6.45) is 2.22. The summed E-state index contributed by atoms with van der Waals surface area (Å²) in [6, 6.07) is 25.0. The number of fused-ring (bicyclic) bond motifs is 1. The number of hydrogen-bond acceptors (Lipinski definition) is 3. The fourth-order valence-electron chi connectivity index (χ4n) is 3.91. The Hall–Kier alpha value is -4.06. The number of H-pyrrole nitrogens is 1. The third-order valence-electron chi connectivity index (χ3n) is 5.69. The molecule has 33 heavy (non-hydrogen) atoms. The highest BCUT2D eigenvalue weighted by Crippen LogP contribution is 2.31. The van der Waals surface area contributed by atoms with Gasteiger partial charge < -0.3 is 20.4 Å². The van der Waals surface area contributed by atoms with Crippen molar-refractivity contribution in [3.63, 3.8) is 0 Å². The van der Waals surface area contributed by atoms with E-state index in [4.69, 9.17) is 4.74 Å². The summed E-state index contributed by atoms with van der Waals surface area (Å²) in [6.45, 7) is 0.722. The zero-order valence-electron chi connectivity index (χ0n) is 18.5. The second-order valence-corrected chi connectivity index (χ2v) is 7.79. The topological polar surface area (TPSA) is 83.2 Å². The number of carbonyl (C=O) groups is 2. The molecule has 0 saturated carbocycles. The Balaban J connectivity index is 1.42. The van der Waals surface area contributed by atoms with E-state index in [0.29, 0.717) is 12.1 Å². The number of para-hydroxylation sites is 1. The standard InChI is InChI=1S/C27H27N3O3/c1-33-21-13-11-19(12-14-21)23(24-18-29-25-10-6-5-9-22(24)25)17-30-26(31)15-16-28-27(32)20-7-3-2-4-8-20/h2-14,18,23,29H,15-17H2,1H3,(H,28,32)(H,30,31)/t23-/m1/s1. The molecule has 6 heteroatoms. The number of carbonyl (C=O) groups excluding carboxylic acids is 2. The smallest absolute Gasteiger partial charge is 0.251 e. The minimum atomic E-state index is -0.182.